The van der Waals surface area contributed by atoms with Crippen LogP contribution in [0.4, 0.5) is 0 Å². The van der Waals surface area contributed by atoms with Crippen molar-refractivity contribution in [2.24, 2.45) is 0 Å². The van der Waals surface area contributed by atoms with E-state index in [2.05, 4.69) is 106 Å². The van der Waals surface area contributed by atoms with Gasteiger partial charge >= 0.3 is 0 Å². The first-order valence-corrected chi connectivity index (χ1v) is 12.0. The average molecular weight is 463 g/mol. The number of fused-ring (bicyclic) bond motifs is 3. The van der Waals surface area contributed by atoms with Crippen molar-refractivity contribution in [2.75, 3.05) is 0 Å². The molecule has 36 heavy (non-hydrogen) atoms. The first-order valence-electron chi connectivity index (χ1n) is 12.0. The first-order chi connectivity index (χ1) is 17.9. The Kier molecular flexibility index (Phi) is 4.74. The third-order valence-electron chi connectivity index (χ3n) is 6.66. The molecule has 170 valence electrons. The molecule has 0 spiro atoms. The van der Waals surface area contributed by atoms with Crippen molar-refractivity contribution in [2.45, 2.75) is 0 Å². The summed E-state index contributed by atoms with van der Waals surface area (Å²) in [4.78, 5) is 0. The molecular weight excluding hydrogens is 440 g/mol. The molecule has 0 N–H and O–H groups in total. The number of para-hydroxylation sites is 3. The van der Waals surface area contributed by atoms with E-state index in [4.69, 9.17) is 10.2 Å². The number of nitrogens with zero attached hydrogens (tertiary/aromatic N) is 4. The van der Waals surface area contributed by atoms with Gasteiger partial charge in [-0.15, -0.1) is 10.2 Å². The SMILES string of the molecule is c1ccc(-c2nnc(-c3ccccc3)n2-c2cccc3c4ccccc4n(-c4ccccc4)c23)cc1. The Hall–Kier alpha value is -4.96. The zero-order chi connectivity index (χ0) is 23.9. The summed E-state index contributed by atoms with van der Waals surface area (Å²) < 4.78 is 4.55. The van der Waals surface area contributed by atoms with Gasteiger partial charge in [-0.3, -0.25) is 4.57 Å². The van der Waals surface area contributed by atoms with Gasteiger partial charge in [-0.25, -0.2) is 0 Å². The van der Waals surface area contributed by atoms with Crippen molar-refractivity contribution in [1.29, 1.82) is 0 Å². The van der Waals surface area contributed by atoms with Gasteiger partial charge in [0.05, 0.1) is 16.7 Å². The molecule has 0 atom stereocenters. The van der Waals surface area contributed by atoms with E-state index in [0.29, 0.717) is 0 Å². The average Bonchev–Trinajstić information content (AvgIpc) is 3.55. The molecule has 0 fully saturated rings. The maximum atomic E-state index is 4.71. The normalized spacial score (nSPS) is 11.3. The highest BCUT2D eigenvalue weighted by Crippen LogP contribution is 2.38. The molecule has 0 amide bonds. The second-order valence-corrected chi connectivity index (χ2v) is 8.78. The molecule has 4 heteroatoms. The molecule has 2 aromatic heterocycles. The maximum absolute atomic E-state index is 4.71. The van der Waals surface area contributed by atoms with E-state index >= 15 is 0 Å². The zero-order valence-electron chi connectivity index (χ0n) is 19.5. The summed E-state index contributed by atoms with van der Waals surface area (Å²) in [6, 6.07) is 46.2. The zero-order valence-corrected chi connectivity index (χ0v) is 19.5. The van der Waals surface area contributed by atoms with E-state index in [1.807, 2.05) is 36.4 Å². The van der Waals surface area contributed by atoms with Crippen molar-refractivity contribution >= 4 is 21.8 Å². The van der Waals surface area contributed by atoms with E-state index in [-0.39, 0.29) is 0 Å². The van der Waals surface area contributed by atoms with Crippen molar-refractivity contribution in [3.05, 3.63) is 133 Å². The van der Waals surface area contributed by atoms with Gasteiger partial charge in [0.1, 0.15) is 0 Å². The molecule has 0 bridgehead atoms. The van der Waals surface area contributed by atoms with Crippen LogP contribution in [0.1, 0.15) is 0 Å². The third-order valence-corrected chi connectivity index (χ3v) is 6.66. The topological polar surface area (TPSA) is 35.6 Å². The minimum absolute atomic E-state index is 0.812. The van der Waals surface area contributed by atoms with Gasteiger partial charge in [0, 0.05) is 27.6 Å². The summed E-state index contributed by atoms with van der Waals surface area (Å²) in [5.41, 5.74) is 6.49. The quantitative estimate of drug-likeness (QED) is 0.269. The standard InChI is InChI=1S/C32H22N4/c1-4-13-23(14-5-1)31-33-34-32(24-15-6-2-7-16-24)36(31)29-22-12-20-27-26-19-10-11-21-28(26)35(30(27)29)25-17-8-3-9-18-25/h1-22H. The summed E-state index contributed by atoms with van der Waals surface area (Å²) >= 11 is 0. The van der Waals surface area contributed by atoms with Crippen LogP contribution < -0.4 is 0 Å². The number of hydrogen-bond acceptors (Lipinski definition) is 2. The summed E-state index contributed by atoms with van der Waals surface area (Å²) in [5.74, 6) is 1.62. The van der Waals surface area contributed by atoms with Crippen LogP contribution in [-0.4, -0.2) is 19.3 Å². The molecule has 2 heterocycles. The highest BCUT2D eigenvalue weighted by molar-refractivity contribution is 6.12. The van der Waals surface area contributed by atoms with Gasteiger partial charge in [-0.2, -0.15) is 0 Å². The molecule has 7 rings (SSSR count). The molecule has 0 aliphatic heterocycles. The minimum Gasteiger partial charge on any atom is -0.307 e. The minimum atomic E-state index is 0.812. The lowest BCUT2D eigenvalue weighted by Crippen LogP contribution is -2.04. The van der Waals surface area contributed by atoms with Crippen LogP contribution in [0.2, 0.25) is 0 Å². The molecule has 0 radical (unpaired) electrons. The summed E-state index contributed by atoms with van der Waals surface area (Å²) in [6.07, 6.45) is 0. The van der Waals surface area contributed by atoms with Crippen LogP contribution in [0.15, 0.2) is 133 Å². The van der Waals surface area contributed by atoms with Crippen LogP contribution in [0.25, 0.3) is 56.0 Å². The molecule has 7 aromatic rings. The molecule has 5 aromatic carbocycles. The highest BCUT2D eigenvalue weighted by atomic mass is 15.3. The molecule has 0 saturated heterocycles. The van der Waals surface area contributed by atoms with E-state index in [9.17, 15) is 0 Å². The van der Waals surface area contributed by atoms with Crippen molar-refractivity contribution in [1.82, 2.24) is 19.3 Å². The maximum Gasteiger partial charge on any atom is 0.168 e. The molecule has 0 saturated carbocycles. The number of rotatable bonds is 4. The Morgan fingerprint density at radius 1 is 0.417 bits per heavy atom. The monoisotopic (exact) mass is 462 g/mol. The number of aromatic nitrogens is 4. The fourth-order valence-electron chi connectivity index (χ4n) is 5.09. The van der Waals surface area contributed by atoms with Gasteiger partial charge in [0.15, 0.2) is 11.6 Å². The largest absolute Gasteiger partial charge is 0.307 e. The lowest BCUT2D eigenvalue weighted by molar-refractivity contribution is 1.06. The van der Waals surface area contributed by atoms with E-state index in [1.54, 1.807) is 0 Å². The predicted molar refractivity (Wildman–Crippen MR) is 147 cm³/mol. The molecule has 0 unspecified atom stereocenters. The Morgan fingerprint density at radius 2 is 0.944 bits per heavy atom. The Morgan fingerprint density at radius 3 is 1.58 bits per heavy atom. The Labute approximate surface area is 208 Å². The molecular formula is C32H22N4. The first kappa shape index (κ1) is 20.4. The van der Waals surface area contributed by atoms with Crippen molar-refractivity contribution in [3.63, 3.8) is 0 Å². The Balaban J connectivity index is 1.64. The molecule has 0 aliphatic rings. The molecule has 0 aliphatic carbocycles. The lowest BCUT2D eigenvalue weighted by atomic mass is 10.1. The van der Waals surface area contributed by atoms with Gasteiger partial charge in [-0.1, -0.05) is 109 Å². The highest BCUT2D eigenvalue weighted by Gasteiger charge is 2.22. The van der Waals surface area contributed by atoms with Gasteiger partial charge in [0.25, 0.3) is 0 Å². The van der Waals surface area contributed by atoms with Crippen molar-refractivity contribution in [3.8, 4) is 34.2 Å². The van der Waals surface area contributed by atoms with Crippen LogP contribution >= 0.6 is 0 Å². The van der Waals surface area contributed by atoms with Crippen molar-refractivity contribution < 1.29 is 0 Å². The molecule has 4 nitrogen and oxygen atoms in total. The summed E-state index contributed by atoms with van der Waals surface area (Å²) in [7, 11) is 0. The van der Waals surface area contributed by atoms with Crippen LogP contribution in [0.3, 0.4) is 0 Å². The van der Waals surface area contributed by atoms with E-state index in [1.165, 1.54) is 16.3 Å². The van der Waals surface area contributed by atoms with Crippen LogP contribution in [-0.2, 0) is 0 Å². The lowest BCUT2D eigenvalue weighted by Gasteiger charge is -2.15. The van der Waals surface area contributed by atoms with Gasteiger partial charge < -0.3 is 4.57 Å². The van der Waals surface area contributed by atoms with Gasteiger partial charge in [0.2, 0.25) is 0 Å². The van der Waals surface area contributed by atoms with E-state index < -0.39 is 0 Å². The fourth-order valence-corrected chi connectivity index (χ4v) is 5.09. The number of benzene rings is 5. The second kappa shape index (κ2) is 8.36. The van der Waals surface area contributed by atoms with E-state index in [0.717, 1.165) is 39.7 Å². The van der Waals surface area contributed by atoms with Crippen LogP contribution in [0, 0.1) is 0 Å². The third kappa shape index (κ3) is 3.16. The fraction of sp³-hybridized carbons (Fsp3) is 0. The van der Waals surface area contributed by atoms with Gasteiger partial charge in [-0.05, 0) is 24.3 Å². The Bertz CT molecular complexity index is 1760. The summed E-state index contributed by atoms with van der Waals surface area (Å²) in [5, 5.41) is 11.8. The predicted octanol–water partition coefficient (Wildman–Crippen LogP) is 7.70. The second-order valence-electron chi connectivity index (χ2n) is 8.78. The smallest absolute Gasteiger partial charge is 0.168 e. The van der Waals surface area contributed by atoms with Crippen LogP contribution in [0.5, 0.6) is 0 Å². The number of hydrogen-bond donors (Lipinski definition) is 0. The summed E-state index contributed by atoms with van der Waals surface area (Å²) in [6.45, 7) is 0.